The molecule has 0 aliphatic heterocycles. The molecule has 0 amide bonds. The van der Waals surface area contributed by atoms with E-state index < -0.39 is 11.2 Å². The highest BCUT2D eigenvalue weighted by Gasteiger charge is 2.43. The Morgan fingerprint density at radius 1 is 0.524 bits per heavy atom. The van der Waals surface area contributed by atoms with Crippen LogP contribution in [0.2, 0.25) is 0 Å². The van der Waals surface area contributed by atoms with E-state index in [-0.39, 0.29) is 0 Å². The Labute approximate surface area is 245 Å². The zero-order valence-corrected chi connectivity index (χ0v) is 23.2. The van der Waals surface area contributed by atoms with Gasteiger partial charge in [-0.05, 0) is 92.0 Å². The molecule has 200 valence electrons. The van der Waals surface area contributed by atoms with Gasteiger partial charge in [-0.25, -0.2) is 0 Å². The molecule has 2 unspecified atom stereocenters. The van der Waals surface area contributed by atoms with E-state index in [0.29, 0.717) is 6.42 Å². The van der Waals surface area contributed by atoms with Gasteiger partial charge in [-0.3, -0.25) is 0 Å². The van der Waals surface area contributed by atoms with Gasteiger partial charge in [-0.1, -0.05) is 109 Å². The molecule has 2 N–H and O–H groups in total. The minimum absolute atomic E-state index is 0.349. The molecule has 0 saturated carbocycles. The van der Waals surface area contributed by atoms with Crippen molar-refractivity contribution in [2.24, 2.45) is 0 Å². The summed E-state index contributed by atoms with van der Waals surface area (Å²) in [5, 5.41) is 26.6. The molecule has 2 aliphatic carbocycles. The zero-order chi connectivity index (χ0) is 28.5. The fraction of sp³-hybridized carbons (Fsp3) is 0.100. The Morgan fingerprint density at radius 2 is 1.17 bits per heavy atom. The lowest BCUT2D eigenvalue weighted by Crippen LogP contribution is -2.26. The van der Waals surface area contributed by atoms with Gasteiger partial charge in [0.05, 0.1) is 0 Å². The third kappa shape index (κ3) is 3.36. The third-order valence-electron chi connectivity index (χ3n) is 9.15. The Kier molecular flexibility index (Phi) is 5.34. The SMILES string of the molecule is CC#CCC1(O)c2ccccc2-c2cc3ccc(-c4ccc5c(c4)C(O)(c4ccccc4)c4ccccc4-5)cc3cc21. The summed E-state index contributed by atoms with van der Waals surface area (Å²) in [5.41, 5.74) is 8.44. The molecule has 42 heavy (non-hydrogen) atoms. The first-order valence-corrected chi connectivity index (χ1v) is 14.4. The highest BCUT2D eigenvalue weighted by atomic mass is 16.3. The van der Waals surface area contributed by atoms with Crippen molar-refractivity contribution in [3.8, 4) is 45.2 Å². The fourth-order valence-corrected chi connectivity index (χ4v) is 7.10. The van der Waals surface area contributed by atoms with Crippen LogP contribution < -0.4 is 0 Å². The Morgan fingerprint density at radius 3 is 1.95 bits per heavy atom. The average Bonchev–Trinajstić information content (AvgIpc) is 3.45. The number of hydrogen-bond donors (Lipinski definition) is 2. The predicted molar refractivity (Wildman–Crippen MR) is 170 cm³/mol. The molecule has 0 heterocycles. The van der Waals surface area contributed by atoms with E-state index in [1.54, 1.807) is 0 Å². The number of aliphatic hydroxyl groups is 2. The summed E-state index contributed by atoms with van der Waals surface area (Å²) < 4.78 is 0. The fourth-order valence-electron chi connectivity index (χ4n) is 7.10. The molecule has 0 spiro atoms. The second-order valence-electron chi connectivity index (χ2n) is 11.4. The summed E-state index contributed by atoms with van der Waals surface area (Å²) in [5.74, 6) is 6.09. The van der Waals surface area contributed by atoms with Crippen LogP contribution in [0, 0.1) is 11.8 Å². The predicted octanol–water partition coefficient (Wildman–Crippen LogP) is 8.40. The van der Waals surface area contributed by atoms with Gasteiger partial charge in [0, 0.05) is 17.5 Å². The first-order valence-electron chi connectivity index (χ1n) is 14.4. The van der Waals surface area contributed by atoms with Crippen LogP contribution in [0.3, 0.4) is 0 Å². The van der Waals surface area contributed by atoms with Crippen molar-refractivity contribution in [1.82, 2.24) is 0 Å². The third-order valence-corrected chi connectivity index (χ3v) is 9.15. The highest BCUT2D eigenvalue weighted by molar-refractivity contribution is 5.96. The molecule has 2 aliphatic rings. The van der Waals surface area contributed by atoms with Gasteiger partial charge >= 0.3 is 0 Å². The second-order valence-corrected chi connectivity index (χ2v) is 11.4. The molecule has 2 nitrogen and oxygen atoms in total. The van der Waals surface area contributed by atoms with E-state index in [0.717, 1.165) is 72.0 Å². The molecular formula is C40H28O2. The molecular weight excluding hydrogens is 512 g/mol. The van der Waals surface area contributed by atoms with Gasteiger partial charge in [0.2, 0.25) is 0 Å². The monoisotopic (exact) mass is 540 g/mol. The minimum atomic E-state index is -1.23. The average molecular weight is 541 g/mol. The molecule has 6 aromatic carbocycles. The van der Waals surface area contributed by atoms with Gasteiger partial charge in [0.25, 0.3) is 0 Å². The molecule has 6 aromatic rings. The largest absolute Gasteiger partial charge is 0.379 e. The topological polar surface area (TPSA) is 40.5 Å². The Hall–Kier alpha value is -4.94. The molecule has 8 rings (SSSR count). The van der Waals surface area contributed by atoms with Crippen LogP contribution in [0.4, 0.5) is 0 Å². The van der Waals surface area contributed by atoms with Crippen molar-refractivity contribution in [3.05, 3.63) is 155 Å². The maximum atomic E-state index is 12.4. The van der Waals surface area contributed by atoms with E-state index >= 15 is 0 Å². The van der Waals surface area contributed by atoms with E-state index in [2.05, 4.69) is 72.5 Å². The molecule has 0 fully saturated rings. The van der Waals surface area contributed by atoms with Crippen molar-refractivity contribution in [2.75, 3.05) is 0 Å². The lowest BCUT2D eigenvalue weighted by atomic mass is 9.83. The Bertz CT molecular complexity index is 2110. The summed E-state index contributed by atoms with van der Waals surface area (Å²) in [7, 11) is 0. The van der Waals surface area contributed by atoms with Crippen LogP contribution in [0.1, 0.15) is 41.2 Å². The van der Waals surface area contributed by atoms with Crippen LogP contribution in [-0.2, 0) is 11.2 Å². The van der Waals surface area contributed by atoms with Gasteiger partial charge in [0.15, 0.2) is 0 Å². The first-order chi connectivity index (χ1) is 20.5. The summed E-state index contributed by atoms with van der Waals surface area (Å²) in [6, 6.07) is 43.4. The number of benzene rings is 6. The van der Waals surface area contributed by atoms with Gasteiger partial charge in [-0.2, -0.15) is 0 Å². The van der Waals surface area contributed by atoms with Crippen molar-refractivity contribution < 1.29 is 10.2 Å². The molecule has 0 radical (unpaired) electrons. The lowest BCUT2D eigenvalue weighted by molar-refractivity contribution is 0.0915. The van der Waals surface area contributed by atoms with Crippen molar-refractivity contribution in [3.63, 3.8) is 0 Å². The van der Waals surface area contributed by atoms with Crippen molar-refractivity contribution >= 4 is 10.8 Å². The van der Waals surface area contributed by atoms with Crippen LogP contribution in [0.25, 0.3) is 44.2 Å². The maximum Gasteiger partial charge on any atom is 0.141 e. The zero-order valence-electron chi connectivity index (χ0n) is 23.2. The normalized spacial score (nSPS) is 19.4. The summed E-state index contributed by atoms with van der Waals surface area (Å²) >= 11 is 0. The van der Waals surface area contributed by atoms with Crippen molar-refractivity contribution in [2.45, 2.75) is 24.5 Å². The summed E-state index contributed by atoms with van der Waals surface area (Å²) in [6.45, 7) is 1.81. The highest BCUT2D eigenvalue weighted by Crippen LogP contribution is 2.53. The molecule has 0 aromatic heterocycles. The van der Waals surface area contributed by atoms with E-state index in [1.165, 1.54) is 0 Å². The Balaban J connectivity index is 1.29. The van der Waals surface area contributed by atoms with Gasteiger partial charge in [-0.15, -0.1) is 5.92 Å². The van der Waals surface area contributed by atoms with Crippen molar-refractivity contribution in [1.29, 1.82) is 0 Å². The second kappa shape index (κ2) is 9.03. The van der Waals surface area contributed by atoms with Gasteiger partial charge < -0.3 is 10.2 Å². The van der Waals surface area contributed by atoms with Gasteiger partial charge in [0.1, 0.15) is 11.2 Å². The van der Waals surface area contributed by atoms with E-state index in [1.807, 2.05) is 73.7 Å². The lowest BCUT2D eigenvalue weighted by Gasteiger charge is -2.27. The minimum Gasteiger partial charge on any atom is -0.379 e. The summed E-state index contributed by atoms with van der Waals surface area (Å²) in [4.78, 5) is 0. The number of hydrogen-bond acceptors (Lipinski definition) is 2. The first kappa shape index (κ1) is 24.8. The van der Waals surface area contributed by atoms with E-state index in [4.69, 9.17) is 0 Å². The van der Waals surface area contributed by atoms with Crippen LogP contribution in [0.5, 0.6) is 0 Å². The smallest absolute Gasteiger partial charge is 0.141 e. The van der Waals surface area contributed by atoms with E-state index in [9.17, 15) is 10.2 Å². The quantitative estimate of drug-likeness (QED) is 0.221. The molecule has 0 bridgehead atoms. The van der Waals surface area contributed by atoms with Crippen LogP contribution in [-0.4, -0.2) is 10.2 Å². The van der Waals surface area contributed by atoms with Crippen LogP contribution in [0.15, 0.2) is 127 Å². The number of fused-ring (bicyclic) bond motifs is 7. The summed E-state index contributed by atoms with van der Waals surface area (Å²) in [6.07, 6.45) is 0.349. The molecule has 2 heteroatoms. The maximum absolute atomic E-state index is 12.4. The van der Waals surface area contributed by atoms with Crippen LogP contribution >= 0.6 is 0 Å². The standard InChI is InChI=1S/C40H28O2/c1-2-3-21-39(41)35-15-9-7-14-32(35)34-23-27-18-17-26(22-29(27)25-37(34)39)28-19-20-33-31-13-8-10-16-36(31)40(42,38(33)24-28)30-11-5-4-6-12-30/h4-20,22-25,41-42H,21H2,1H3. The molecule has 0 saturated heterocycles. The molecule has 2 atom stereocenters. The number of rotatable bonds is 3.